The summed E-state index contributed by atoms with van der Waals surface area (Å²) < 4.78 is 0. The van der Waals surface area contributed by atoms with E-state index < -0.39 is 0 Å². The Morgan fingerprint density at radius 3 is 2.29 bits per heavy atom. The van der Waals surface area contributed by atoms with Crippen LogP contribution in [0, 0.1) is 5.92 Å². The molecule has 2 rings (SSSR count). The maximum atomic E-state index is 12.3. The van der Waals surface area contributed by atoms with Gasteiger partial charge in [0, 0.05) is 38.4 Å². The van der Waals surface area contributed by atoms with E-state index in [2.05, 4.69) is 29.0 Å². The molecule has 4 heteroatoms. The summed E-state index contributed by atoms with van der Waals surface area (Å²) in [6.07, 6.45) is 0. The highest BCUT2D eigenvalue weighted by atomic mass is 16.2. The van der Waals surface area contributed by atoms with Crippen molar-refractivity contribution in [2.24, 2.45) is 5.92 Å². The first-order valence-electron chi connectivity index (χ1n) is 7.88. The Morgan fingerprint density at radius 2 is 1.71 bits per heavy atom. The molecule has 21 heavy (non-hydrogen) atoms. The minimum Gasteiger partial charge on any atom is -0.325 e. The van der Waals surface area contributed by atoms with Gasteiger partial charge in [-0.15, -0.1) is 0 Å². The van der Waals surface area contributed by atoms with Crippen LogP contribution in [0.1, 0.15) is 20.8 Å². The van der Waals surface area contributed by atoms with Crippen molar-refractivity contribution < 1.29 is 4.79 Å². The van der Waals surface area contributed by atoms with Gasteiger partial charge in [0.2, 0.25) is 5.91 Å². The van der Waals surface area contributed by atoms with Crippen LogP contribution in [0.3, 0.4) is 0 Å². The van der Waals surface area contributed by atoms with Crippen LogP contribution < -0.4 is 5.32 Å². The molecule has 116 valence electrons. The van der Waals surface area contributed by atoms with Gasteiger partial charge >= 0.3 is 0 Å². The summed E-state index contributed by atoms with van der Waals surface area (Å²) in [5.74, 6) is 0.786. The lowest BCUT2D eigenvalue weighted by Crippen LogP contribution is -2.53. The number of amides is 1. The van der Waals surface area contributed by atoms with Crippen molar-refractivity contribution in [3.05, 3.63) is 30.3 Å². The molecule has 0 spiro atoms. The van der Waals surface area contributed by atoms with Crippen LogP contribution in [0.2, 0.25) is 0 Å². The van der Waals surface area contributed by atoms with Gasteiger partial charge in [0.15, 0.2) is 0 Å². The predicted molar refractivity (Wildman–Crippen MR) is 87.4 cm³/mol. The summed E-state index contributed by atoms with van der Waals surface area (Å²) >= 11 is 0. The Labute approximate surface area is 128 Å². The third-order valence-electron chi connectivity index (χ3n) is 4.00. The second-order valence-electron chi connectivity index (χ2n) is 6.26. The van der Waals surface area contributed by atoms with Crippen LogP contribution in [-0.4, -0.2) is 54.5 Å². The average Bonchev–Trinajstić information content (AvgIpc) is 2.47. The van der Waals surface area contributed by atoms with E-state index in [1.165, 1.54) is 0 Å². The number of carbonyl (C=O) groups is 1. The van der Waals surface area contributed by atoms with E-state index in [0.29, 0.717) is 5.92 Å². The van der Waals surface area contributed by atoms with Crippen molar-refractivity contribution in [3.63, 3.8) is 0 Å². The number of rotatable bonds is 5. The van der Waals surface area contributed by atoms with Gasteiger partial charge in [-0.3, -0.25) is 9.69 Å². The predicted octanol–water partition coefficient (Wildman–Crippen LogP) is 2.29. The topological polar surface area (TPSA) is 35.6 Å². The van der Waals surface area contributed by atoms with Gasteiger partial charge < -0.3 is 10.2 Å². The first kappa shape index (κ1) is 16.0. The number of benzene rings is 1. The first-order chi connectivity index (χ1) is 10.1. The zero-order valence-corrected chi connectivity index (χ0v) is 13.4. The molecule has 0 bridgehead atoms. The molecule has 1 aliphatic heterocycles. The molecule has 1 amide bonds. The van der Waals surface area contributed by atoms with Crippen molar-refractivity contribution in [2.45, 2.75) is 26.8 Å². The molecular weight excluding hydrogens is 262 g/mol. The number of nitrogens with one attached hydrogen (secondary N) is 1. The van der Waals surface area contributed by atoms with Gasteiger partial charge in [-0.05, 0) is 25.0 Å². The van der Waals surface area contributed by atoms with E-state index in [0.717, 1.165) is 38.4 Å². The molecular formula is C17H27N3O. The Balaban J connectivity index is 1.81. The summed E-state index contributed by atoms with van der Waals surface area (Å²) in [5, 5.41) is 2.99. The molecule has 0 aliphatic carbocycles. The summed E-state index contributed by atoms with van der Waals surface area (Å²) in [5.41, 5.74) is 0.868. The van der Waals surface area contributed by atoms with E-state index in [9.17, 15) is 4.79 Å². The molecule has 1 unspecified atom stereocenters. The van der Waals surface area contributed by atoms with Gasteiger partial charge in [-0.25, -0.2) is 0 Å². The zero-order chi connectivity index (χ0) is 15.2. The highest BCUT2D eigenvalue weighted by molar-refractivity contribution is 5.94. The standard InChI is InChI=1S/C17H27N3O/c1-14(2)13-19-9-11-20(12-10-19)15(3)17(21)18-16-7-5-4-6-8-16/h4-8,14-15H,9-13H2,1-3H3,(H,18,21). The summed E-state index contributed by atoms with van der Waals surface area (Å²) in [7, 11) is 0. The minimum absolute atomic E-state index is 0.0774. The van der Waals surface area contributed by atoms with E-state index in [4.69, 9.17) is 0 Å². The Kier molecular flexibility index (Phi) is 5.76. The molecule has 1 fully saturated rings. The van der Waals surface area contributed by atoms with Crippen molar-refractivity contribution >= 4 is 11.6 Å². The molecule has 0 saturated carbocycles. The quantitative estimate of drug-likeness (QED) is 0.903. The van der Waals surface area contributed by atoms with Crippen molar-refractivity contribution in [1.29, 1.82) is 0 Å². The lowest BCUT2D eigenvalue weighted by atomic mass is 10.1. The number of hydrogen-bond acceptors (Lipinski definition) is 3. The summed E-state index contributed by atoms with van der Waals surface area (Å²) in [4.78, 5) is 17.1. The van der Waals surface area contributed by atoms with E-state index in [-0.39, 0.29) is 11.9 Å². The Morgan fingerprint density at radius 1 is 1.10 bits per heavy atom. The Bertz CT molecular complexity index is 439. The molecule has 1 N–H and O–H groups in total. The molecule has 0 radical (unpaired) electrons. The third-order valence-corrected chi connectivity index (χ3v) is 4.00. The number of hydrogen-bond donors (Lipinski definition) is 1. The highest BCUT2D eigenvalue weighted by Gasteiger charge is 2.25. The fourth-order valence-corrected chi connectivity index (χ4v) is 2.78. The first-order valence-corrected chi connectivity index (χ1v) is 7.88. The minimum atomic E-state index is -0.0774. The second kappa shape index (κ2) is 7.57. The van der Waals surface area contributed by atoms with Gasteiger partial charge in [0.25, 0.3) is 0 Å². The molecule has 1 saturated heterocycles. The van der Waals surface area contributed by atoms with Crippen molar-refractivity contribution in [3.8, 4) is 0 Å². The second-order valence-corrected chi connectivity index (χ2v) is 6.26. The molecule has 4 nitrogen and oxygen atoms in total. The van der Waals surface area contributed by atoms with Crippen LogP contribution in [0.15, 0.2) is 30.3 Å². The van der Waals surface area contributed by atoms with Crippen LogP contribution >= 0.6 is 0 Å². The smallest absolute Gasteiger partial charge is 0.241 e. The maximum absolute atomic E-state index is 12.3. The van der Waals surface area contributed by atoms with Gasteiger partial charge in [-0.1, -0.05) is 32.0 Å². The van der Waals surface area contributed by atoms with Crippen LogP contribution in [0.25, 0.3) is 0 Å². The molecule has 1 heterocycles. The van der Waals surface area contributed by atoms with Crippen LogP contribution in [-0.2, 0) is 4.79 Å². The van der Waals surface area contributed by atoms with Crippen molar-refractivity contribution in [2.75, 3.05) is 38.0 Å². The maximum Gasteiger partial charge on any atom is 0.241 e. The van der Waals surface area contributed by atoms with E-state index in [1.54, 1.807) is 0 Å². The average molecular weight is 289 g/mol. The van der Waals surface area contributed by atoms with Crippen molar-refractivity contribution in [1.82, 2.24) is 9.80 Å². The highest BCUT2D eigenvalue weighted by Crippen LogP contribution is 2.11. The molecule has 1 aromatic carbocycles. The molecule has 0 aromatic heterocycles. The number of piperazine rings is 1. The normalized spacial score (nSPS) is 18.7. The monoisotopic (exact) mass is 289 g/mol. The summed E-state index contributed by atoms with van der Waals surface area (Å²) in [6.45, 7) is 11.7. The summed E-state index contributed by atoms with van der Waals surface area (Å²) in [6, 6.07) is 9.59. The zero-order valence-electron chi connectivity index (χ0n) is 13.4. The molecule has 1 atom stereocenters. The number of nitrogens with zero attached hydrogens (tertiary/aromatic N) is 2. The number of carbonyl (C=O) groups excluding carboxylic acids is 1. The van der Waals surface area contributed by atoms with E-state index >= 15 is 0 Å². The SMILES string of the molecule is CC(C)CN1CCN(C(C)C(=O)Nc2ccccc2)CC1. The fraction of sp³-hybridized carbons (Fsp3) is 0.588. The molecule has 1 aromatic rings. The van der Waals surface area contributed by atoms with Crippen LogP contribution in [0.5, 0.6) is 0 Å². The van der Waals surface area contributed by atoms with Crippen LogP contribution in [0.4, 0.5) is 5.69 Å². The van der Waals surface area contributed by atoms with E-state index in [1.807, 2.05) is 37.3 Å². The largest absolute Gasteiger partial charge is 0.325 e. The molecule has 1 aliphatic rings. The lowest BCUT2D eigenvalue weighted by Gasteiger charge is -2.38. The number of para-hydroxylation sites is 1. The van der Waals surface area contributed by atoms with Gasteiger partial charge in [0.1, 0.15) is 0 Å². The fourth-order valence-electron chi connectivity index (χ4n) is 2.78. The lowest BCUT2D eigenvalue weighted by molar-refractivity contribution is -0.121. The van der Waals surface area contributed by atoms with Gasteiger partial charge in [0.05, 0.1) is 6.04 Å². The Hall–Kier alpha value is -1.39. The third kappa shape index (κ3) is 4.83. The number of anilines is 1. The van der Waals surface area contributed by atoms with Gasteiger partial charge in [-0.2, -0.15) is 0 Å².